The van der Waals surface area contributed by atoms with E-state index in [1.807, 2.05) is 0 Å². The summed E-state index contributed by atoms with van der Waals surface area (Å²) in [5.74, 6) is -2.10. The van der Waals surface area contributed by atoms with Crippen LogP contribution >= 0.6 is 15.9 Å². The molecule has 6 heteroatoms. The summed E-state index contributed by atoms with van der Waals surface area (Å²) in [5.41, 5.74) is 0.237. The van der Waals surface area contributed by atoms with Crippen LogP contribution in [0.4, 0.5) is 5.69 Å². The Hall–Kier alpha value is -1.95. The molecule has 17 heavy (non-hydrogen) atoms. The highest BCUT2D eigenvalue weighted by molar-refractivity contribution is 9.10. The first kappa shape index (κ1) is 11.5. The molecule has 0 fully saturated rings. The van der Waals surface area contributed by atoms with Gasteiger partial charge in [0.1, 0.15) is 0 Å². The highest BCUT2D eigenvalue weighted by Gasteiger charge is 2.27. The normalized spacial score (nSPS) is 14.5. The first-order valence-electron chi connectivity index (χ1n) is 4.59. The zero-order valence-corrected chi connectivity index (χ0v) is 9.97. The summed E-state index contributed by atoms with van der Waals surface area (Å²) in [6.07, 6.45) is 2.28. The average Bonchev–Trinajstić information content (AvgIpc) is 2.59. The molecule has 0 bridgehead atoms. The van der Waals surface area contributed by atoms with Gasteiger partial charge in [0, 0.05) is 16.6 Å². The van der Waals surface area contributed by atoms with Gasteiger partial charge >= 0.3 is 5.97 Å². The Morgan fingerprint density at radius 1 is 1.18 bits per heavy atom. The van der Waals surface area contributed by atoms with Gasteiger partial charge in [0.25, 0.3) is 11.8 Å². The van der Waals surface area contributed by atoms with Gasteiger partial charge in [0.05, 0.1) is 11.3 Å². The van der Waals surface area contributed by atoms with Gasteiger partial charge in [0.2, 0.25) is 0 Å². The number of nitrogens with zero attached hydrogens (tertiary/aromatic N) is 1. The van der Waals surface area contributed by atoms with Gasteiger partial charge in [-0.25, -0.2) is 9.69 Å². The lowest BCUT2D eigenvalue weighted by atomic mass is 10.2. The summed E-state index contributed by atoms with van der Waals surface area (Å²) in [5, 5.41) is 8.86. The van der Waals surface area contributed by atoms with E-state index in [1.165, 1.54) is 18.2 Å². The summed E-state index contributed by atoms with van der Waals surface area (Å²) in [4.78, 5) is 34.7. The first-order valence-corrected chi connectivity index (χ1v) is 5.39. The van der Waals surface area contributed by atoms with E-state index >= 15 is 0 Å². The third kappa shape index (κ3) is 1.99. The quantitative estimate of drug-likeness (QED) is 0.841. The number of anilines is 1. The van der Waals surface area contributed by atoms with Crippen LogP contribution in [0.25, 0.3) is 0 Å². The predicted octanol–water partition coefficient (Wildman–Crippen LogP) is 1.58. The monoisotopic (exact) mass is 295 g/mol. The largest absolute Gasteiger partial charge is 0.478 e. The maximum atomic E-state index is 11.5. The van der Waals surface area contributed by atoms with Crippen LogP contribution in [0.1, 0.15) is 10.4 Å². The van der Waals surface area contributed by atoms with Gasteiger partial charge < -0.3 is 5.11 Å². The third-order valence-corrected chi connectivity index (χ3v) is 2.91. The van der Waals surface area contributed by atoms with Crippen molar-refractivity contribution in [2.75, 3.05) is 4.90 Å². The zero-order valence-electron chi connectivity index (χ0n) is 8.38. The highest BCUT2D eigenvalue weighted by Crippen LogP contribution is 2.29. The molecular formula is C11H6BrNO4. The Bertz CT molecular complexity index is 547. The van der Waals surface area contributed by atoms with Crippen molar-refractivity contribution in [2.24, 2.45) is 0 Å². The van der Waals surface area contributed by atoms with Crippen molar-refractivity contribution in [2.45, 2.75) is 0 Å². The number of carbonyl (C=O) groups excluding carboxylic acids is 2. The third-order valence-electron chi connectivity index (χ3n) is 2.24. The number of aromatic carboxylic acids is 1. The van der Waals surface area contributed by atoms with Crippen LogP contribution in [0.2, 0.25) is 0 Å². The maximum absolute atomic E-state index is 11.5. The van der Waals surface area contributed by atoms with Gasteiger partial charge in [-0.2, -0.15) is 0 Å². The second-order valence-electron chi connectivity index (χ2n) is 3.32. The van der Waals surface area contributed by atoms with E-state index in [-0.39, 0.29) is 11.3 Å². The first-order chi connectivity index (χ1) is 8.00. The van der Waals surface area contributed by atoms with Gasteiger partial charge in [0.15, 0.2) is 0 Å². The Balaban J connectivity index is 2.51. The fraction of sp³-hybridized carbons (Fsp3) is 0. The van der Waals surface area contributed by atoms with E-state index < -0.39 is 17.8 Å². The fourth-order valence-corrected chi connectivity index (χ4v) is 1.88. The molecule has 86 valence electrons. The number of rotatable bonds is 2. The molecule has 1 N–H and O–H groups in total. The van der Waals surface area contributed by atoms with Crippen molar-refractivity contribution < 1.29 is 19.5 Å². The number of benzene rings is 1. The number of carboxylic acid groups (broad SMARTS) is 1. The topological polar surface area (TPSA) is 74.7 Å². The predicted molar refractivity (Wildman–Crippen MR) is 62.7 cm³/mol. The molecule has 0 saturated carbocycles. The summed E-state index contributed by atoms with van der Waals surface area (Å²) >= 11 is 3.18. The molecule has 0 aromatic heterocycles. The lowest BCUT2D eigenvalue weighted by Gasteiger charge is -2.16. The minimum atomic E-state index is -1.12. The Kier molecular flexibility index (Phi) is 2.81. The molecule has 1 heterocycles. The van der Waals surface area contributed by atoms with E-state index in [1.54, 1.807) is 0 Å². The van der Waals surface area contributed by atoms with E-state index in [0.717, 1.165) is 17.1 Å². The summed E-state index contributed by atoms with van der Waals surface area (Å²) in [6.45, 7) is 0. The van der Waals surface area contributed by atoms with Crippen molar-refractivity contribution in [3.63, 3.8) is 0 Å². The number of carboxylic acids is 1. The average molecular weight is 296 g/mol. The number of amides is 2. The van der Waals surface area contributed by atoms with E-state index in [9.17, 15) is 14.4 Å². The fourth-order valence-electron chi connectivity index (χ4n) is 1.45. The van der Waals surface area contributed by atoms with Crippen molar-refractivity contribution in [3.8, 4) is 0 Å². The van der Waals surface area contributed by atoms with Crippen LogP contribution in [-0.2, 0) is 9.59 Å². The molecule has 1 aliphatic rings. The minimum absolute atomic E-state index is 0.00991. The molecule has 0 radical (unpaired) electrons. The van der Waals surface area contributed by atoms with E-state index in [0.29, 0.717) is 4.47 Å². The lowest BCUT2D eigenvalue weighted by molar-refractivity contribution is -0.120. The van der Waals surface area contributed by atoms with Gasteiger partial charge in [-0.3, -0.25) is 9.59 Å². The Morgan fingerprint density at radius 2 is 1.76 bits per heavy atom. The maximum Gasteiger partial charge on any atom is 0.335 e. The standard InChI is InChI=1S/C11H6BrNO4/c12-7-2-1-6(11(16)17)5-8(7)13-9(14)3-4-10(13)15/h1-5H,(H,16,17). The molecule has 0 saturated heterocycles. The Morgan fingerprint density at radius 3 is 2.29 bits per heavy atom. The zero-order chi connectivity index (χ0) is 12.6. The van der Waals surface area contributed by atoms with Crippen LogP contribution in [-0.4, -0.2) is 22.9 Å². The van der Waals surface area contributed by atoms with Crippen LogP contribution in [0.3, 0.4) is 0 Å². The van der Waals surface area contributed by atoms with Crippen molar-refractivity contribution >= 4 is 39.4 Å². The second kappa shape index (κ2) is 4.14. The molecular weight excluding hydrogens is 290 g/mol. The molecule has 5 nitrogen and oxygen atoms in total. The Labute approximate surface area is 104 Å². The lowest BCUT2D eigenvalue weighted by Crippen LogP contribution is -2.30. The molecule has 0 aliphatic carbocycles. The van der Waals surface area contributed by atoms with Crippen LogP contribution in [0.15, 0.2) is 34.8 Å². The number of halogens is 1. The van der Waals surface area contributed by atoms with E-state index in [4.69, 9.17) is 5.11 Å². The molecule has 1 aliphatic heterocycles. The number of hydrogen-bond donors (Lipinski definition) is 1. The molecule has 0 atom stereocenters. The van der Waals surface area contributed by atoms with Gasteiger partial charge in [-0.15, -0.1) is 0 Å². The molecule has 1 aromatic carbocycles. The van der Waals surface area contributed by atoms with Crippen molar-refractivity contribution in [1.82, 2.24) is 0 Å². The molecule has 2 rings (SSSR count). The summed E-state index contributed by atoms with van der Waals surface area (Å²) < 4.78 is 0.480. The number of imide groups is 1. The SMILES string of the molecule is O=C(O)c1ccc(Br)c(N2C(=O)C=CC2=O)c1. The van der Waals surface area contributed by atoms with Crippen LogP contribution in [0.5, 0.6) is 0 Å². The second-order valence-corrected chi connectivity index (χ2v) is 4.17. The van der Waals surface area contributed by atoms with Crippen LogP contribution in [0, 0.1) is 0 Å². The number of carbonyl (C=O) groups is 3. The summed E-state index contributed by atoms with van der Waals surface area (Å²) in [6, 6.07) is 4.14. The molecule has 0 spiro atoms. The molecule has 1 aromatic rings. The summed E-state index contributed by atoms with van der Waals surface area (Å²) in [7, 11) is 0. The van der Waals surface area contributed by atoms with E-state index in [2.05, 4.69) is 15.9 Å². The number of hydrogen-bond acceptors (Lipinski definition) is 3. The van der Waals surface area contributed by atoms with Crippen molar-refractivity contribution in [1.29, 1.82) is 0 Å². The highest BCUT2D eigenvalue weighted by atomic mass is 79.9. The van der Waals surface area contributed by atoms with Crippen LogP contribution < -0.4 is 4.90 Å². The smallest absolute Gasteiger partial charge is 0.335 e. The van der Waals surface area contributed by atoms with Gasteiger partial charge in [-0.05, 0) is 34.1 Å². The molecule has 0 unspecified atom stereocenters. The van der Waals surface area contributed by atoms with Crippen molar-refractivity contribution in [3.05, 3.63) is 40.4 Å². The molecule has 2 amide bonds. The van der Waals surface area contributed by atoms with Gasteiger partial charge in [-0.1, -0.05) is 0 Å². The minimum Gasteiger partial charge on any atom is -0.478 e.